The fourth-order valence-electron chi connectivity index (χ4n) is 3.30. The molecule has 0 N–H and O–H groups in total. The standard InChI is InChI=1S/C22H23N3O2S/c1-17-16-28-21(23-17)15-27-20-9-7-18(8-10-20)22(26)25-13-11-24(12-14-25)19-5-3-2-4-6-19/h2-10,16H,11-15H2,1H3. The molecule has 5 nitrogen and oxygen atoms in total. The van der Waals surface area contributed by atoms with Gasteiger partial charge in [0.2, 0.25) is 0 Å². The van der Waals surface area contributed by atoms with E-state index in [2.05, 4.69) is 22.0 Å². The molecule has 0 atom stereocenters. The highest BCUT2D eigenvalue weighted by Crippen LogP contribution is 2.19. The predicted octanol–water partition coefficient (Wildman–Crippen LogP) is 3.99. The van der Waals surface area contributed by atoms with Crippen molar-refractivity contribution in [3.05, 3.63) is 76.2 Å². The van der Waals surface area contributed by atoms with Crippen LogP contribution in [-0.2, 0) is 6.61 Å². The van der Waals surface area contributed by atoms with Crippen molar-refractivity contribution in [2.45, 2.75) is 13.5 Å². The van der Waals surface area contributed by atoms with E-state index >= 15 is 0 Å². The van der Waals surface area contributed by atoms with Crippen molar-refractivity contribution in [3.8, 4) is 5.75 Å². The molecule has 0 aliphatic carbocycles. The lowest BCUT2D eigenvalue weighted by Gasteiger charge is -2.36. The van der Waals surface area contributed by atoms with Gasteiger partial charge in [0.15, 0.2) is 0 Å². The van der Waals surface area contributed by atoms with Crippen molar-refractivity contribution in [2.75, 3.05) is 31.1 Å². The van der Waals surface area contributed by atoms with Gasteiger partial charge in [-0.1, -0.05) is 18.2 Å². The van der Waals surface area contributed by atoms with Crippen LogP contribution in [-0.4, -0.2) is 42.0 Å². The maximum Gasteiger partial charge on any atom is 0.253 e. The first-order valence-electron chi connectivity index (χ1n) is 9.42. The Labute approximate surface area is 169 Å². The molecule has 1 aliphatic heterocycles. The lowest BCUT2D eigenvalue weighted by atomic mass is 10.1. The smallest absolute Gasteiger partial charge is 0.253 e. The molecule has 2 heterocycles. The van der Waals surface area contributed by atoms with Gasteiger partial charge in [0.25, 0.3) is 5.91 Å². The number of para-hydroxylation sites is 1. The second-order valence-corrected chi connectivity index (χ2v) is 7.75. The molecule has 0 unspecified atom stereocenters. The summed E-state index contributed by atoms with van der Waals surface area (Å²) in [6, 6.07) is 17.7. The number of piperazine rings is 1. The Balaban J connectivity index is 1.31. The van der Waals surface area contributed by atoms with E-state index in [1.807, 2.05) is 59.7 Å². The minimum atomic E-state index is 0.0785. The number of rotatable bonds is 5. The number of amides is 1. The highest BCUT2D eigenvalue weighted by Gasteiger charge is 2.22. The molecule has 1 aromatic heterocycles. The molecule has 0 spiro atoms. The topological polar surface area (TPSA) is 45.7 Å². The van der Waals surface area contributed by atoms with Crippen LogP contribution in [0.4, 0.5) is 5.69 Å². The third kappa shape index (κ3) is 4.34. The highest BCUT2D eigenvalue weighted by molar-refractivity contribution is 7.09. The van der Waals surface area contributed by atoms with Crippen LogP contribution in [0.25, 0.3) is 0 Å². The van der Waals surface area contributed by atoms with Gasteiger partial charge < -0.3 is 14.5 Å². The van der Waals surface area contributed by atoms with Crippen LogP contribution in [0, 0.1) is 6.92 Å². The Bertz CT molecular complexity index is 916. The summed E-state index contributed by atoms with van der Waals surface area (Å²) in [5.74, 6) is 0.827. The maximum atomic E-state index is 12.8. The fraction of sp³-hybridized carbons (Fsp3) is 0.273. The first-order chi connectivity index (χ1) is 13.7. The number of carbonyl (C=O) groups excluding carboxylic acids is 1. The van der Waals surface area contributed by atoms with E-state index in [1.54, 1.807) is 11.3 Å². The number of aryl methyl sites for hydroxylation is 1. The number of aromatic nitrogens is 1. The molecular formula is C22H23N3O2S. The van der Waals surface area contributed by atoms with E-state index in [4.69, 9.17) is 4.74 Å². The van der Waals surface area contributed by atoms with Crippen LogP contribution >= 0.6 is 11.3 Å². The van der Waals surface area contributed by atoms with Crippen LogP contribution in [0.2, 0.25) is 0 Å². The van der Waals surface area contributed by atoms with Gasteiger partial charge in [-0.15, -0.1) is 11.3 Å². The summed E-state index contributed by atoms with van der Waals surface area (Å²) in [5.41, 5.74) is 2.93. The number of carbonyl (C=O) groups is 1. The molecule has 28 heavy (non-hydrogen) atoms. The van der Waals surface area contributed by atoms with Crippen LogP contribution < -0.4 is 9.64 Å². The monoisotopic (exact) mass is 393 g/mol. The molecule has 1 fully saturated rings. The summed E-state index contributed by atoms with van der Waals surface area (Å²) in [6.45, 7) is 5.59. The Morgan fingerprint density at radius 2 is 1.75 bits per heavy atom. The summed E-state index contributed by atoms with van der Waals surface area (Å²) in [4.78, 5) is 21.4. The van der Waals surface area contributed by atoms with E-state index in [1.165, 1.54) is 5.69 Å². The molecule has 1 amide bonds. The SMILES string of the molecule is Cc1csc(COc2ccc(C(=O)N3CCN(c4ccccc4)CC3)cc2)n1. The Kier molecular flexibility index (Phi) is 5.58. The van der Waals surface area contributed by atoms with E-state index in [9.17, 15) is 4.79 Å². The van der Waals surface area contributed by atoms with Gasteiger partial charge in [-0.25, -0.2) is 4.98 Å². The van der Waals surface area contributed by atoms with Crippen LogP contribution in [0.15, 0.2) is 60.0 Å². The van der Waals surface area contributed by atoms with Gasteiger partial charge in [-0.3, -0.25) is 4.79 Å². The van der Waals surface area contributed by atoms with Gasteiger partial charge in [-0.2, -0.15) is 0 Å². The van der Waals surface area contributed by atoms with Gasteiger partial charge in [0.05, 0.1) is 0 Å². The molecule has 1 saturated heterocycles. The van der Waals surface area contributed by atoms with E-state index in [0.717, 1.165) is 42.6 Å². The molecule has 3 aromatic rings. The lowest BCUT2D eigenvalue weighted by molar-refractivity contribution is 0.0746. The second kappa shape index (κ2) is 8.44. The number of hydrogen-bond donors (Lipinski definition) is 0. The first kappa shape index (κ1) is 18.5. The van der Waals surface area contributed by atoms with Crippen molar-refractivity contribution in [2.24, 2.45) is 0 Å². The fourth-order valence-corrected chi connectivity index (χ4v) is 3.98. The minimum Gasteiger partial charge on any atom is -0.486 e. The Morgan fingerprint density at radius 3 is 2.39 bits per heavy atom. The first-order valence-corrected chi connectivity index (χ1v) is 10.3. The van der Waals surface area contributed by atoms with Crippen LogP contribution in [0.3, 0.4) is 0 Å². The highest BCUT2D eigenvalue weighted by atomic mass is 32.1. The predicted molar refractivity (Wildman–Crippen MR) is 112 cm³/mol. The molecule has 0 saturated carbocycles. The summed E-state index contributed by atoms with van der Waals surface area (Å²) in [6.07, 6.45) is 0. The van der Waals surface area contributed by atoms with E-state index in [-0.39, 0.29) is 5.91 Å². The number of thiazole rings is 1. The summed E-state index contributed by atoms with van der Waals surface area (Å²) in [5, 5.41) is 2.96. The minimum absolute atomic E-state index is 0.0785. The van der Waals surface area contributed by atoms with Crippen molar-refractivity contribution in [1.29, 1.82) is 0 Å². The summed E-state index contributed by atoms with van der Waals surface area (Å²) < 4.78 is 5.77. The molecule has 6 heteroatoms. The van der Waals surface area contributed by atoms with E-state index < -0.39 is 0 Å². The second-order valence-electron chi connectivity index (χ2n) is 6.81. The van der Waals surface area contributed by atoms with Crippen LogP contribution in [0.1, 0.15) is 21.1 Å². The van der Waals surface area contributed by atoms with Crippen molar-refractivity contribution in [3.63, 3.8) is 0 Å². The maximum absolute atomic E-state index is 12.8. The average Bonchev–Trinajstić information content (AvgIpc) is 3.18. The molecule has 0 bridgehead atoms. The number of anilines is 1. The van der Waals surface area contributed by atoms with Crippen molar-refractivity contribution in [1.82, 2.24) is 9.88 Å². The summed E-state index contributed by atoms with van der Waals surface area (Å²) in [7, 11) is 0. The molecule has 2 aromatic carbocycles. The Hall–Kier alpha value is -2.86. The molecular weight excluding hydrogens is 370 g/mol. The zero-order valence-electron chi connectivity index (χ0n) is 15.9. The van der Waals surface area contributed by atoms with Crippen molar-refractivity contribution >= 4 is 22.9 Å². The summed E-state index contributed by atoms with van der Waals surface area (Å²) >= 11 is 1.59. The lowest BCUT2D eigenvalue weighted by Crippen LogP contribution is -2.48. The largest absolute Gasteiger partial charge is 0.486 e. The van der Waals surface area contributed by atoms with Gasteiger partial charge in [0.1, 0.15) is 17.4 Å². The van der Waals surface area contributed by atoms with Gasteiger partial charge in [-0.05, 0) is 43.3 Å². The quantitative estimate of drug-likeness (QED) is 0.657. The Morgan fingerprint density at radius 1 is 1.04 bits per heavy atom. The number of nitrogens with zero attached hydrogens (tertiary/aromatic N) is 3. The number of benzene rings is 2. The van der Waals surface area contributed by atoms with Crippen LogP contribution in [0.5, 0.6) is 5.75 Å². The molecule has 1 aliphatic rings. The average molecular weight is 394 g/mol. The van der Waals surface area contributed by atoms with Crippen molar-refractivity contribution < 1.29 is 9.53 Å². The zero-order valence-corrected chi connectivity index (χ0v) is 16.7. The van der Waals surface area contributed by atoms with Gasteiger partial charge in [0, 0.05) is 48.5 Å². The van der Waals surface area contributed by atoms with E-state index in [0.29, 0.717) is 12.2 Å². The normalized spacial score (nSPS) is 14.2. The zero-order chi connectivity index (χ0) is 19.3. The third-order valence-electron chi connectivity index (χ3n) is 4.82. The number of ether oxygens (including phenoxy) is 1. The number of hydrogen-bond acceptors (Lipinski definition) is 5. The molecule has 0 radical (unpaired) electrons. The molecule has 4 rings (SSSR count). The molecule has 144 valence electrons. The van der Waals surface area contributed by atoms with Gasteiger partial charge >= 0.3 is 0 Å². The third-order valence-corrected chi connectivity index (χ3v) is 5.76.